The van der Waals surface area contributed by atoms with Gasteiger partial charge in [-0.2, -0.15) is 0 Å². The highest BCUT2D eigenvalue weighted by Gasteiger charge is 2.19. The van der Waals surface area contributed by atoms with Crippen LogP contribution in [0.15, 0.2) is 69.0 Å². The first-order valence-electron chi connectivity index (χ1n) is 11.6. The molecule has 0 spiro atoms. The summed E-state index contributed by atoms with van der Waals surface area (Å²) in [5, 5.41) is 11.0. The van der Waals surface area contributed by atoms with Crippen LogP contribution < -0.4 is 5.63 Å². The molecule has 0 unspecified atom stereocenters. The molecule has 1 fully saturated rings. The van der Waals surface area contributed by atoms with Crippen molar-refractivity contribution in [1.29, 1.82) is 0 Å². The highest BCUT2D eigenvalue weighted by Crippen LogP contribution is 2.28. The maximum Gasteiger partial charge on any atom is 0.336 e. The third-order valence-electron chi connectivity index (χ3n) is 6.20. The second-order valence-electron chi connectivity index (χ2n) is 8.52. The van der Waals surface area contributed by atoms with Gasteiger partial charge in [-0.1, -0.05) is 61.2 Å². The third-order valence-corrected chi connectivity index (χ3v) is 7.22. The lowest BCUT2D eigenvalue weighted by molar-refractivity contribution is 0.316. The molecule has 170 valence electrons. The van der Waals surface area contributed by atoms with E-state index in [4.69, 9.17) is 4.42 Å². The van der Waals surface area contributed by atoms with Crippen molar-refractivity contribution in [3.63, 3.8) is 0 Å². The van der Waals surface area contributed by atoms with Crippen LogP contribution in [0.4, 0.5) is 0 Å². The van der Waals surface area contributed by atoms with Crippen molar-refractivity contribution < 1.29 is 4.42 Å². The largest absolute Gasteiger partial charge is 0.423 e. The Balaban J connectivity index is 1.43. The second-order valence-corrected chi connectivity index (χ2v) is 9.46. The van der Waals surface area contributed by atoms with E-state index < -0.39 is 0 Å². The van der Waals surface area contributed by atoms with Crippen molar-refractivity contribution in [2.24, 2.45) is 0 Å². The number of benzene rings is 2. The summed E-state index contributed by atoms with van der Waals surface area (Å²) < 4.78 is 7.70. The van der Waals surface area contributed by atoms with Gasteiger partial charge in [0.15, 0.2) is 5.16 Å². The number of fused-ring (bicyclic) bond motifs is 1. The standard InChI is InChI=1S/C26H28N4O2S/c1-2-19-10-11-22-21(15-25(31)32-23(22)14-19)18-33-26-28-27-24(17-29-12-6-7-13-29)30(26)16-20-8-4-3-5-9-20/h3-5,8-11,14-15H,2,6-7,12-13,16-18H2,1H3. The van der Waals surface area contributed by atoms with Crippen molar-refractivity contribution in [3.05, 3.63) is 87.5 Å². The SMILES string of the molecule is CCc1ccc2c(CSc3nnc(CN4CCCC4)n3Cc3ccccc3)cc(=O)oc2c1. The van der Waals surface area contributed by atoms with Crippen molar-refractivity contribution in [2.45, 2.75) is 50.2 Å². The fourth-order valence-electron chi connectivity index (χ4n) is 4.36. The van der Waals surface area contributed by atoms with E-state index in [0.717, 1.165) is 60.1 Å². The molecule has 1 aliphatic rings. The van der Waals surface area contributed by atoms with Gasteiger partial charge in [0.25, 0.3) is 0 Å². The van der Waals surface area contributed by atoms with E-state index in [2.05, 4.69) is 63.0 Å². The van der Waals surface area contributed by atoms with Gasteiger partial charge in [0.1, 0.15) is 11.4 Å². The smallest absolute Gasteiger partial charge is 0.336 e. The van der Waals surface area contributed by atoms with Crippen LogP contribution in [0.2, 0.25) is 0 Å². The fourth-order valence-corrected chi connectivity index (χ4v) is 5.31. The lowest BCUT2D eigenvalue weighted by Crippen LogP contribution is -2.21. The summed E-state index contributed by atoms with van der Waals surface area (Å²) in [5.41, 5.74) is 3.68. The molecule has 2 aromatic carbocycles. The third kappa shape index (κ3) is 5.04. The van der Waals surface area contributed by atoms with Gasteiger partial charge in [-0.25, -0.2) is 4.79 Å². The minimum Gasteiger partial charge on any atom is -0.423 e. The van der Waals surface area contributed by atoms with E-state index in [1.807, 2.05) is 12.1 Å². The van der Waals surface area contributed by atoms with Crippen LogP contribution in [0.3, 0.4) is 0 Å². The predicted molar refractivity (Wildman–Crippen MR) is 131 cm³/mol. The van der Waals surface area contributed by atoms with Crippen LogP contribution in [0, 0.1) is 0 Å². The van der Waals surface area contributed by atoms with E-state index >= 15 is 0 Å². The van der Waals surface area contributed by atoms with Crippen LogP contribution in [0.1, 0.15) is 42.3 Å². The number of likely N-dealkylation sites (tertiary alicyclic amines) is 1. The summed E-state index contributed by atoms with van der Waals surface area (Å²) in [7, 11) is 0. The van der Waals surface area contributed by atoms with Gasteiger partial charge in [0, 0.05) is 17.2 Å². The molecule has 1 aliphatic heterocycles. The highest BCUT2D eigenvalue weighted by molar-refractivity contribution is 7.98. The van der Waals surface area contributed by atoms with Crippen LogP contribution in [0.25, 0.3) is 11.0 Å². The van der Waals surface area contributed by atoms with Gasteiger partial charge in [-0.15, -0.1) is 10.2 Å². The molecule has 0 radical (unpaired) electrons. The summed E-state index contributed by atoms with van der Waals surface area (Å²) in [6, 6.07) is 18.2. The Kier molecular flexibility index (Phi) is 6.60. The Labute approximate surface area is 197 Å². The molecule has 4 aromatic rings. The molecule has 5 rings (SSSR count). The molecule has 7 heteroatoms. The van der Waals surface area contributed by atoms with Gasteiger partial charge in [-0.3, -0.25) is 4.90 Å². The van der Waals surface area contributed by atoms with E-state index in [0.29, 0.717) is 11.3 Å². The van der Waals surface area contributed by atoms with Gasteiger partial charge in [0.2, 0.25) is 0 Å². The Morgan fingerprint density at radius 3 is 2.58 bits per heavy atom. The van der Waals surface area contributed by atoms with E-state index in [1.54, 1.807) is 17.8 Å². The first-order chi connectivity index (χ1) is 16.2. The normalized spacial score (nSPS) is 14.3. The van der Waals surface area contributed by atoms with Gasteiger partial charge in [0.05, 0.1) is 13.1 Å². The molecule has 0 amide bonds. The zero-order chi connectivity index (χ0) is 22.6. The first-order valence-corrected chi connectivity index (χ1v) is 12.5. The summed E-state index contributed by atoms with van der Waals surface area (Å²) in [5.74, 6) is 1.62. The molecule has 2 aromatic heterocycles. The van der Waals surface area contributed by atoms with Gasteiger partial charge < -0.3 is 8.98 Å². The molecular weight excluding hydrogens is 432 g/mol. The number of aryl methyl sites for hydroxylation is 1. The second kappa shape index (κ2) is 9.93. The van der Waals surface area contributed by atoms with Gasteiger partial charge in [-0.05, 0) is 55.1 Å². The van der Waals surface area contributed by atoms with E-state index in [-0.39, 0.29) is 5.63 Å². The van der Waals surface area contributed by atoms with Crippen LogP contribution >= 0.6 is 11.8 Å². The monoisotopic (exact) mass is 460 g/mol. The minimum atomic E-state index is -0.313. The maximum atomic E-state index is 12.2. The molecule has 3 heterocycles. The average Bonchev–Trinajstić information content (AvgIpc) is 3.48. The Morgan fingerprint density at radius 1 is 0.970 bits per heavy atom. The summed E-state index contributed by atoms with van der Waals surface area (Å²) in [4.78, 5) is 14.7. The van der Waals surface area contributed by atoms with Crippen molar-refractivity contribution in [3.8, 4) is 0 Å². The van der Waals surface area contributed by atoms with E-state index in [1.165, 1.54) is 18.4 Å². The lowest BCUT2D eigenvalue weighted by atomic mass is 10.1. The maximum absolute atomic E-state index is 12.2. The Bertz CT molecular complexity index is 1290. The zero-order valence-corrected chi connectivity index (χ0v) is 19.7. The molecule has 6 nitrogen and oxygen atoms in total. The van der Waals surface area contributed by atoms with E-state index in [9.17, 15) is 4.79 Å². The van der Waals surface area contributed by atoms with Crippen LogP contribution in [-0.2, 0) is 25.3 Å². The first kappa shape index (κ1) is 21.9. The molecule has 0 aliphatic carbocycles. The molecule has 0 N–H and O–H groups in total. The van der Waals surface area contributed by atoms with Crippen molar-refractivity contribution in [1.82, 2.24) is 19.7 Å². The predicted octanol–water partition coefficient (Wildman–Crippen LogP) is 4.88. The quantitative estimate of drug-likeness (QED) is 0.276. The molecular formula is C26H28N4O2S. The fraction of sp³-hybridized carbons (Fsp3) is 0.346. The number of hydrogen-bond donors (Lipinski definition) is 0. The van der Waals surface area contributed by atoms with Crippen molar-refractivity contribution >= 4 is 22.7 Å². The number of thioether (sulfide) groups is 1. The molecule has 0 bridgehead atoms. The average molecular weight is 461 g/mol. The van der Waals surface area contributed by atoms with Crippen LogP contribution in [-0.4, -0.2) is 32.8 Å². The summed E-state index contributed by atoms with van der Waals surface area (Å²) >= 11 is 1.62. The molecule has 0 atom stereocenters. The number of aromatic nitrogens is 3. The minimum absolute atomic E-state index is 0.313. The number of nitrogens with zero attached hydrogens (tertiary/aromatic N) is 4. The number of rotatable bonds is 8. The Hall–Kier alpha value is -2.90. The summed E-state index contributed by atoms with van der Waals surface area (Å²) in [6.07, 6.45) is 3.40. The van der Waals surface area contributed by atoms with Crippen LogP contribution in [0.5, 0.6) is 0 Å². The van der Waals surface area contributed by atoms with Gasteiger partial charge >= 0.3 is 5.63 Å². The molecule has 1 saturated heterocycles. The Morgan fingerprint density at radius 2 is 1.79 bits per heavy atom. The molecule has 33 heavy (non-hydrogen) atoms. The summed E-state index contributed by atoms with van der Waals surface area (Å²) in [6.45, 7) is 5.88. The zero-order valence-electron chi connectivity index (χ0n) is 18.9. The topological polar surface area (TPSA) is 64.2 Å². The molecule has 0 saturated carbocycles. The highest BCUT2D eigenvalue weighted by atomic mass is 32.2. The lowest BCUT2D eigenvalue weighted by Gasteiger charge is -2.16. The number of hydrogen-bond acceptors (Lipinski definition) is 6. The van der Waals surface area contributed by atoms with Crippen molar-refractivity contribution in [2.75, 3.05) is 13.1 Å².